The molecule has 2 bridgehead atoms. The second kappa shape index (κ2) is 8.37. The molecule has 2 aliphatic rings. The van der Waals surface area contributed by atoms with E-state index in [1.165, 1.54) is 38.6 Å². The van der Waals surface area contributed by atoms with Gasteiger partial charge in [0.15, 0.2) is 5.11 Å². The molecule has 2 fully saturated rings. The molecule has 1 unspecified atom stereocenters. The van der Waals surface area contributed by atoms with Gasteiger partial charge in [-0.2, -0.15) is 0 Å². The second-order valence-corrected chi connectivity index (χ2v) is 8.24. The van der Waals surface area contributed by atoms with Crippen molar-refractivity contribution in [3.63, 3.8) is 0 Å². The smallest absolute Gasteiger partial charge is 0.170 e. The molecule has 0 amide bonds. The fraction of sp³-hybridized carbons (Fsp3) is 0.650. The molecule has 2 aliphatic heterocycles. The monoisotopic (exact) mass is 361 g/mol. The lowest BCUT2D eigenvalue weighted by atomic mass is 9.81. The van der Waals surface area contributed by atoms with Crippen LogP contribution in [0.5, 0.6) is 5.75 Å². The molecule has 3 atom stereocenters. The van der Waals surface area contributed by atoms with E-state index in [0.29, 0.717) is 23.2 Å². The van der Waals surface area contributed by atoms with Crippen LogP contribution in [0.3, 0.4) is 0 Å². The number of methoxy groups -OCH3 is 1. The number of hydrogen-bond donors (Lipinski definition) is 2. The molecule has 0 saturated carbocycles. The molecule has 3 rings (SSSR count). The van der Waals surface area contributed by atoms with Crippen LogP contribution in [0.2, 0.25) is 0 Å². The van der Waals surface area contributed by atoms with Gasteiger partial charge in [-0.15, -0.1) is 0 Å². The lowest BCUT2D eigenvalue weighted by Gasteiger charge is -2.49. The van der Waals surface area contributed by atoms with E-state index in [0.717, 1.165) is 17.4 Å². The van der Waals surface area contributed by atoms with E-state index in [9.17, 15) is 0 Å². The number of rotatable bonds is 5. The van der Waals surface area contributed by atoms with Crippen molar-refractivity contribution in [2.24, 2.45) is 5.92 Å². The first kappa shape index (κ1) is 18.5. The minimum absolute atomic E-state index is 0.476. The Kier molecular flexibility index (Phi) is 6.18. The summed E-state index contributed by atoms with van der Waals surface area (Å²) in [6.07, 6.45) is 6.43. The molecule has 1 aromatic carbocycles. The Morgan fingerprint density at radius 3 is 2.64 bits per heavy atom. The van der Waals surface area contributed by atoms with Crippen LogP contribution >= 0.6 is 12.2 Å². The summed E-state index contributed by atoms with van der Waals surface area (Å²) in [7, 11) is 1.68. The van der Waals surface area contributed by atoms with Gasteiger partial charge in [-0.05, 0) is 56.0 Å². The van der Waals surface area contributed by atoms with E-state index in [2.05, 4.69) is 29.4 Å². The molecule has 138 valence electrons. The van der Waals surface area contributed by atoms with Crippen LogP contribution < -0.4 is 15.4 Å². The molecule has 4 nitrogen and oxygen atoms in total. The molecule has 0 aliphatic carbocycles. The standard InChI is InChI=1S/C20H31N3OS/c1-14(2)13-23-17-7-5-8-18(23)11-16(10-17)22-20(25)21-15-6-4-9-19(12-15)24-3/h4,6,9,12,14,16-18H,5,7-8,10-11,13H2,1-3H3,(H2,21,22,25)/t16?,17-,18+. The van der Waals surface area contributed by atoms with E-state index in [4.69, 9.17) is 17.0 Å². The Labute approximate surface area is 157 Å². The SMILES string of the molecule is COc1cccc(NC(=S)NC2C[C@H]3CCC[C@@H](C2)N3CC(C)C)c1. The van der Waals surface area contributed by atoms with Crippen molar-refractivity contribution in [2.45, 2.75) is 64.1 Å². The van der Waals surface area contributed by atoms with Crippen molar-refractivity contribution in [3.8, 4) is 5.75 Å². The van der Waals surface area contributed by atoms with Crippen LogP contribution in [0.4, 0.5) is 5.69 Å². The van der Waals surface area contributed by atoms with E-state index in [1.54, 1.807) is 7.11 Å². The van der Waals surface area contributed by atoms with E-state index in [-0.39, 0.29) is 0 Å². The van der Waals surface area contributed by atoms with Crippen LogP contribution in [0, 0.1) is 5.92 Å². The Balaban J connectivity index is 1.56. The van der Waals surface area contributed by atoms with E-state index in [1.807, 2.05) is 24.3 Å². The van der Waals surface area contributed by atoms with Crippen molar-refractivity contribution in [1.82, 2.24) is 10.2 Å². The quantitative estimate of drug-likeness (QED) is 0.775. The molecule has 0 radical (unpaired) electrons. The van der Waals surface area contributed by atoms with Crippen LogP contribution in [0.1, 0.15) is 46.0 Å². The Bertz CT molecular complexity index is 578. The summed E-state index contributed by atoms with van der Waals surface area (Å²) in [5.41, 5.74) is 0.967. The van der Waals surface area contributed by atoms with Crippen LogP contribution in [-0.4, -0.2) is 41.8 Å². The normalized spacial score (nSPS) is 26.3. The number of thiocarbonyl (C=S) groups is 1. The van der Waals surface area contributed by atoms with Crippen molar-refractivity contribution in [3.05, 3.63) is 24.3 Å². The highest BCUT2D eigenvalue weighted by Crippen LogP contribution is 2.34. The number of hydrogen-bond acceptors (Lipinski definition) is 3. The van der Waals surface area contributed by atoms with Crippen LogP contribution in [-0.2, 0) is 0 Å². The Morgan fingerprint density at radius 1 is 1.28 bits per heavy atom. The van der Waals surface area contributed by atoms with Crippen molar-refractivity contribution in [2.75, 3.05) is 19.0 Å². The van der Waals surface area contributed by atoms with Crippen molar-refractivity contribution in [1.29, 1.82) is 0 Å². The number of anilines is 1. The first-order valence-corrected chi connectivity index (χ1v) is 9.93. The van der Waals surface area contributed by atoms with Gasteiger partial charge in [0.05, 0.1) is 7.11 Å². The van der Waals surface area contributed by atoms with Crippen molar-refractivity contribution < 1.29 is 4.74 Å². The second-order valence-electron chi connectivity index (χ2n) is 7.83. The van der Waals surface area contributed by atoms with Gasteiger partial charge in [0.2, 0.25) is 0 Å². The van der Waals surface area contributed by atoms with Crippen molar-refractivity contribution >= 4 is 23.0 Å². The maximum Gasteiger partial charge on any atom is 0.170 e. The number of fused-ring (bicyclic) bond motifs is 2. The van der Waals surface area contributed by atoms with E-state index >= 15 is 0 Å². The fourth-order valence-corrected chi connectivity index (χ4v) is 4.65. The third-order valence-corrected chi connectivity index (χ3v) is 5.58. The molecular formula is C20H31N3OS. The highest BCUT2D eigenvalue weighted by atomic mass is 32.1. The maximum absolute atomic E-state index is 5.55. The Morgan fingerprint density at radius 2 is 2.00 bits per heavy atom. The predicted octanol–water partition coefficient (Wildman–Crippen LogP) is 4.02. The summed E-state index contributed by atoms with van der Waals surface area (Å²) in [5.74, 6) is 1.58. The van der Waals surface area contributed by atoms with Crippen LogP contribution in [0.15, 0.2) is 24.3 Å². The summed E-state index contributed by atoms with van der Waals surface area (Å²) >= 11 is 5.55. The molecule has 25 heavy (non-hydrogen) atoms. The fourth-order valence-electron chi connectivity index (χ4n) is 4.37. The lowest BCUT2D eigenvalue weighted by molar-refractivity contribution is 0.0191. The molecule has 1 aromatic rings. The van der Waals surface area contributed by atoms with E-state index < -0.39 is 0 Å². The van der Waals surface area contributed by atoms with Gasteiger partial charge in [-0.3, -0.25) is 4.90 Å². The summed E-state index contributed by atoms with van der Waals surface area (Å²) in [6, 6.07) is 9.79. The molecule has 0 spiro atoms. The lowest BCUT2D eigenvalue weighted by Crippen LogP contribution is -2.58. The first-order chi connectivity index (χ1) is 12.0. The average Bonchev–Trinajstić information content (AvgIpc) is 2.55. The topological polar surface area (TPSA) is 36.5 Å². The van der Waals surface area contributed by atoms with Gasteiger partial charge in [0.1, 0.15) is 5.75 Å². The highest BCUT2D eigenvalue weighted by Gasteiger charge is 2.38. The van der Waals surface area contributed by atoms with Crippen LogP contribution in [0.25, 0.3) is 0 Å². The molecule has 5 heteroatoms. The zero-order chi connectivity index (χ0) is 17.8. The predicted molar refractivity (Wildman–Crippen MR) is 108 cm³/mol. The number of nitrogens with one attached hydrogen (secondary N) is 2. The number of piperidine rings is 2. The third-order valence-electron chi connectivity index (χ3n) is 5.36. The maximum atomic E-state index is 5.55. The van der Waals surface area contributed by atoms with Gasteiger partial charge in [0, 0.05) is 36.4 Å². The van der Waals surface area contributed by atoms with Gasteiger partial charge in [-0.25, -0.2) is 0 Å². The zero-order valence-electron chi connectivity index (χ0n) is 15.6. The summed E-state index contributed by atoms with van der Waals surface area (Å²) in [4.78, 5) is 2.77. The van der Waals surface area contributed by atoms with Gasteiger partial charge in [-0.1, -0.05) is 26.3 Å². The largest absolute Gasteiger partial charge is 0.497 e. The van der Waals surface area contributed by atoms with Gasteiger partial charge in [0.25, 0.3) is 0 Å². The minimum atomic E-state index is 0.476. The molecule has 0 aromatic heterocycles. The molecule has 2 heterocycles. The Hall–Kier alpha value is -1.33. The molecule has 2 saturated heterocycles. The number of benzene rings is 1. The average molecular weight is 362 g/mol. The number of nitrogens with zero attached hydrogens (tertiary/aromatic N) is 1. The summed E-state index contributed by atoms with van der Waals surface area (Å²) < 4.78 is 5.27. The number of ether oxygens (including phenoxy) is 1. The molecule has 2 N–H and O–H groups in total. The minimum Gasteiger partial charge on any atom is -0.497 e. The third kappa shape index (κ3) is 4.85. The first-order valence-electron chi connectivity index (χ1n) is 9.52. The zero-order valence-corrected chi connectivity index (χ0v) is 16.4. The summed E-state index contributed by atoms with van der Waals surface area (Å²) in [6.45, 7) is 5.88. The van der Waals surface area contributed by atoms with Gasteiger partial charge < -0.3 is 15.4 Å². The highest BCUT2D eigenvalue weighted by molar-refractivity contribution is 7.80. The molecular weight excluding hydrogens is 330 g/mol. The summed E-state index contributed by atoms with van der Waals surface area (Å²) in [5, 5.41) is 7.58. The van der Waals surface area contributed by atoms with Gasteiger partial charge >= 0.3 is 0 Å².